The summed E-state index contributed by atoms with van der Waals surface area (Å²) in [4.78, 5) is 24.7. The van der Waals surface area contributed by atoms with Gasteiger partial charge in [-0.25, -0.2) is 9.97 Å². The van der Waals surface area contributed by atoms with E-state index in [0.29, 0.717) is 6.54 Å². The first-order valence-electron chi connectivity index (χ1n) is 8.97. The van der Waals surface area contributed by atoms with Gasteiger partial charge in [-0.2, -0.15) is 0 Å². The Balaban J connectivity index is 1.58. The van der Waals surface area contributed by atoms with E-state index >= 15 is 0 Å². The maximum atomic E-state index is 11.1. The van der Waals surface area contributed by atoms with Gasteiger partial charge in [0.15, 0.2) is 0 Å². The average Bonchev–Trinajstić information content (AvgIpc) is 3.05. The standard InChI is InChI=1S/C19H18N4O2S/c24-23(25)14-6-5-12-7-8-22(10-13(12)9-14)18-17-15-3-1-2-4-16(15)26-19(17)21-11-20-18/h5-6,9,11H,1-4,7-8,10H2. The van der Waals surface area contributed by atoms with Gasteiger partial charge in [0.25, 0.3) is 5.69 Å². The number of benzene rings is 1. The van der Waals surface area contributed by atoms with E-state index in [1.54, 1.807) is 29.8 Å². The zero-order valence-electron chi connectivity index (χ0n) is 14.3. The van der Waals surface area contributed by atoms with Gasteiger partial charge in [-0.15, -0.1) is 11.3 Å². The Morgan fingerprint density at radius 2 is 2.00 bits per heavy atom. The van der Waals surface area contributed by atoms with Crippen LogP contribution in [0, 0.1) is 10.1 Å². The highest BCUT2D eigenvalue weighted by molar-refractivity contribution is 7.19. The number of thiophene rings is 1. The van der Waals surface area contributed by atoms with Crippen molar-refractivity contribution < 1.29 is 4.92 Å². The van der Waals surface area contributed by atoms with Gasteiger partial charge >= 0.3 is 0 Å². The number of aromatic nitrogens is 2. The molecule has 0 amide bonds. The molecule has 2 aliphatic rings. The third-order valence-electron chi connectivity index (χ3n) is 5.44. The van der Waals surface area contributed by atoms with Crippen molar-refractivity contribution in [2.75, 3.05) is 11.4 Å². The minimum absolute atomic E-state index is 0.159. The van der Waals surface area contributed by atoms with Crippen molar-refractivity contribution in [1.29, 1.82) is 0 Å². The molecule has 1 aliphatic heterocycles. The van der Waals surface area contributed by atoms with Crippen LogP contribution in [0.25, 0.3) is 10.2 Å². The molecule has 3 heterocycles. The topological polar surface area (TPSA) is 72.2 Å². The first kappa shape index (κ1) is 15.7. The van der Waals surface area contributed by atoms with Crippen LogP contribution in [0.3, 0.4) is 0 Å². The molecule has 0 saturated heterocycles. The highest BCUT2D eigenvalue weighted by Gasteiger charge is 2.25. The summed E-state index contributed by atoms with van der Waals surface area (Å²) >= 11 is 1.80. The van der Waals surface area contributed by atoms with Crippen LogP contribution in [0.2, 0.25) is 0 Å². The van der Waals surface area contributed by atoms with Gasteiger partial charge in [-0.3, -0.25) is 10.1 Å². The average molecular weight is 366 g/mol. The lowest BCUT2D eigenvalue weighted by atomic mass is 9.96. The molecule has 3 aromatic rings. The van der Waals surface area contributed by atoms with Crippen molar-refractivity contribution in [3.8, 4) is 0 Å². The van der Waals surface area contributed by atoms with E-state index in [1.807, 2.05) is 6.07 Å². The Bertz CT molecular complexity index is 1030. The molecule has 5 rings (SSSR count). The van der Waals surface area contributed by atoms with E-state index in [0.717, 1.165) is 42.0 Å². The molecule has 0 fully saturated rings. The van der Waals surface area contributed by atoms with E-state index in [9.17, 15) is 10.1 Å². The van der Waals surface area contributed by atoms with Crippen molar-refractivity contribution >= 4 is 33.1 Å². The number of anilines is 1. The molecule has 2 aromatic heterocycles. The maximum Gasteiger partial charge on any atom is 0.269 e. The predicted molar refractivity (Wildman–Crippen MR) is 102 cm³/mol. The van der Waals surface area contributed by atoms with Crippen LogP contribution < -0.4 is 4.90 Å². The minimum Gasteiger partial charge on any atom is -0.351 e. The summed E-state index contributed by atoms with van der Waals surface area (Å²) in [6.45, 7) is 1.54. The number of hydrogen-bond acceptors (Lipinski definition) is 6. The van der Waals surface area contributed by atoms with Gasteiger partial charge in [-0.1, -0.05) is 6.07 Å². The van der Waals surface area contributed by atoms with Crippen molar-refractivity contribution in [2.45, 2.75) is 38.6 Å². The number of aryl methyl sites for hydroxylation is 2. The first-order valence-corrected chi connectivity index (χ1v) is 9.79. The van der Waals surface area contributed by atoms with Gasteiger partial charge in [0.2, 0.25) is 0 Å². The van der Waals surface area contributed by atoms with Crippen molar-refractivity contribution in [2.24, 2.45) is 0 Å². The van der Waals surface area contributed by atoms with E-state index in [-0.39, 0.29) is 10.6 Å². The number of hydrogen-bond donors (Lipinski definition) is 0. The van der Waals surface area contributed by atoms with Gasteiger partial charge < -0.3 is 4.90 Å². The summed E-state index contributed by atoms with van der Waals surface area (Å²) in [5.41, 5.74) is 3.81. The quantitative estimate of drug-likeness (QED) is 0.505. The van der Waals surface area contributed by atoms with Crippen molar-refractivity contribution in [3.63, 3.8) is 0 Å². The van der Waals surface area contributed by atoms with Crippen LogP contribution in [0.4, 0.5) is 11.5 Å². The molecule has 6 nitrogen and oxygen atoms in total. The fraction of sp³-hybridized carbons (Fsp3) is 0.368. The van der Waals surface area contributed by atoms with Gasteiger partial charge in [-0.05, 0) is 48.8 Å². The SMILES string of the molecule is O=[N+]([O-])c1ccc2c(c1)CN(c1ncnc3sc4c(c13)CCCC4)CC2. The summed E-state index contributed by atoms with van der Waals surface area (Å²) < 4.78 is 0. The number of fused-ring (bicyclic) bond motifs is 4. The number of nitrogens with zero attached hydrogens (tertiary/aromatic N) is 4. The van der Waals surface area contributed by atoms with Crippen LogP contribution in [0.1, 0.15) is 34.4 Å². The van der Waals surface area contributed by atoms with Crippen LogP contribution in [0.5, 0.6) is 0 Å². The van der Waals surface area contributed by atoms with E-state index in [2.05, 4.69) is 14.9 Å². The molecular weight excluding hydrogens is 348 g/mol. The molecule has 0 atom stereocenters. The zero-order chi connectivity index (χ0) is 17.7. The molecule has 26 heavy (non-hydrogen) atoms. The Labute approximate surface area is 154 Å². The van der Waals surface area contributed by atoms with Gasteiger partial charge in [0.05, 0.1) is 10.3 Å². The number of nitro groups is 1. The molecule has 1 aliphatic carbocycles. The second-order valence-electron chi connectivity index (χ2n) is 6.97. The van der Waals surface area contributed by atoms with E-state index in [4.69, 9.17) is 0 Å². The number of rotatable bonds is 2. The van der Waals surface area contributed by atoms with Crippen LogP contribution in [0.15, 0.2) is 24.5 Å². The van der Waals surface area contributed by atoms with Gasteiger partial charge in [0, 0.05) is 30.1 Å². The lowest BCUT2D eigenvalue weighted by Gasteiger charge is -2.30. The smallest absolute Gasteiger partial charge is 0.269 e. The lowest BCUT2D eigenvalue weighted by Crippen LogP contribution is -2.31. The number of non-ortho nitro benzene ring substituents is 1. The van der Waals surface area contributed by atoms with Crippen LogP contribution >= 0.6 is 11.3 Å². The van der Waals surface area contributed by atoms with Crippen LogP contribution in [-0.2, 0) is 25.8 Å². The molecule has 0 N–H and O–H groups in total. The zero-order valence-corrected chi connectivity index (χ0v) is 15.1. The predicted octanol–water partition coefficient (Wildman–Crippen LogP) is 4.04. The van der Waals surface area contributed by atoms with Crippen LogP contribution in [-0.4, -0.2) is 21.4 Å². The fourth-order valence-electron chi connectivity index (χ4n) is 4.15. The molecule has 0 spiro atoms. The monoisotopic (exact) mass is 366 g/mol. The minimum atomic E-state index is -0.322. The molecule has 0 unspecified atom stereocenters. The summed E-state index contributed by atoms with van der Waals surface area (Å²) in [7, 11) is 0. The lowest BCUT2D eigenvalue weighted by molar-refractivity contribution is -0.384. The molecule has 0 bridgehead atoms. The Kier molecular flexibility index (Phi) is 3.63. The second kappa shape index (κ2) is 6.02. The summed E-state index contributed by atoms with van der Waals surface area (Å²) in [5, 5.41) is 12.3. The molecule has 7 heteroatoms. The van der Waals surface area contributed by atoms with Crippen molar-refractivity contribution in [3.05, 3.63) is 56.2 Å². The number of nitro benzene ring substituents is 1. The molecule has 0 radical (unpaired) electrons. The molecular formula is C19H18N4O2S. The molecule has 132 valence electrons. The van der Waals surface area contributed by atoms with Crippen molar-refractivity contribution in [1.82, 2.24) is 9.97 Å². The maximum absolute atomic E-state index is 11.1. The normalized spacial score (nSPS) is 16.4. The van der Waals surface area contributed by atoms with Gasteiger partial charge in [0.1, 0.15) is 17.0 Å². The Morgan fingerprint density at radius 3 is 2.88 bits per heavy atom. The summed E-state index contributed by atoms with van der Waals surface area (Å²) in [6.07, 6.45) is 7.26. The third kappa shape index (κ3) is 2.46. The highest BCUT2D eigenvalue weighted by atomic mass is 32.1. The Hall–Kier alpha value is -2.54. The molecule has 0 saturated carbocycles. The Morgan fingerprint density at radius 1 is 1.12 bits per heavy atom. The fourth-order valence-corrected chi connectivity index (χ4v) is 5.37. The second-order valence-corrected chi connectivity index (χ2v) is 8.05. The van der Waals surface area contributed by atoms with E-state index < -0.39 is 0 Å². The molecule has 1 aromatic carbocycles. The van der Waals surface area contributed by atoms with E-state index in [1.165, 1.54) is 34.2 Å². The summed E-state index contributed by atoms with van der Waals surface area (Å²) in [5.74, 6) is 0.992. The third-order valence-corrected chi connectivity index (χ3v) is 6.64. The largest absolute Gasteiger partial charge is 0.351 e. The summed E-state index contributed by atoms with van der Waals surface area (Å²) in [6, 6.07) is 5.21. The highest BCUT2D eigenvalue weighted by Crippen LogP contribution is 2.40. The first-order chi connectivity index (χ1) is 12.7.